The SMILES string of the molecule is C=C1CC(C)(C)O[Si](C)(C2CC3C=CC2C3)O1. The predicted molar refractivity (Wildman–Crippen MR) is 70.7 cm³/mol. The molecule has 2 aliphatic carbocycles. The van der Waals surface area contributed by atoms with E-state index < -0.39 is 8.56 Å². The van der Waals surface area contributed by atoms with Gasteiger partial charge in [-0.3, -0.25) is 0 Å². The lowest BCUT2D eigenvalue weighted by molar-refractivity contribution is 0.0137. The molecule has 0 N–H and O–H groups in total. The van der Waals surface area contributed by atoms with Gasteiger partial charge in [-0.25, -0.2) is 0 Å². The molecular formula is C14H22O2Si. The predicted octanol–water partition coefficient (Wildman–Crippen LogP) is 3.75. The van der Waals surface area contributed by atoms with Gasteiger partial charge in [0.2, 0.25) is 0 Å². The quantitative estimate of drug-likeness (QED) is 0.521. The van der Waals surface area contributed by atoms with Crippen LogP contribution in [0.3, 0.4) is 0 Å². The molecule has 3 aliphatic rings. The molecule has 2 nitrogen and oxygen atoms in total. The van der Waals surface area contributed by atoms with Crippen LogP contribution >= 0.6 is 0 Å². The summed E-state index contributed by atoms with van der Waals surface area (Å²) in [5, 5.41) is 0. The van der Waals surface area contributed by atoms with Gasteiger partial charge in [0, 0.05) is 12.0 Å². The first-order chi connectivity index (χ1) is 7.88. The van der Waals surface area contributed by atoms with E-state index in [2.05, 4.69) is 39.1 Å². The number of hydrogen-bond donors (Lipinski definition) is 0. The molecule has 94 valence electrons. The molecule has 4 atom stereocenters. The van der Waals surface area contributed by atoms with Crippen molar-refractivity contribution < 1.29 is 8.85 Å². The molecule has 3 heteroatoms. The van der Waals surface area contributed by atoms with E-state index in [9.17, 15) is 0 Å². The fourth-order valence-corrected chi connectivity index (χ4v) is 7.85. The van der Waals surface area contributed by atoms with E-state index in [1.54, 1.807) is 0 Å². The topological polar surface area (TPSA) is 18.5 Å². The van der Waals surface area contributed by atoms with E-state index in [1.165, 1.54) is 12.8 Å². The maximum Gasteiger partial charge on any atom is 0.399 e. The van der Waals surface area contributed by atoms with Gasteiger partial charge in [0.15, 0.2) is 0 Å². The molecule has 1 aliphatic heterocycles. The summed E-state index contributed by atoms with van der Waals surface area (Å²) in [6.07, 6.45) is 8.16. The number of allylic oxidation sites excluding steroid dienone is 2. The van der Waals surface area contributed by atoms with Gasteiger partial charge in [-0.15, -0.1) is 0 Å². The van der Waals surface area contributed by atoms with E-state index in [4.69, 9.17) is 8.85 Å². The maximum absolute atomic E-state index is 6.39. The molecule has 0 spiro atoms. The van der Waals surface area contributed by atoms with Crippen LogP contribution in [0.5, 0.6) is 0 Å². The molecule has 1 heterocycles. The first kappa shape index (κ1) is 11.5. The summed E-state index contributed by atoms with van der Waals surface area (Å²) in [6, 6.07) is 0. The van der Waals surface area contributed by atoms with Crippen LogP contribution in [0.2, 0.25) is 12.1 Å². The summed E-state index contributed by atoms with van der Waals surface area (Å²) in [5.74, 6) is 2.40. The Morgan fingerprint density at radius 1 is 1.35 bits per heavy atom. The van der Waals surface area contributed by atoms with Crippen molar-refractivity contribution in [1.29, 1.82) is 0 Å². The number of fused-ring (bicyclic) bond motifs is 2. The van der Waals surface area contributed by atoms with Crippen molar-refractivity contribution in [2.45, 2.75) is 50.8 Å². The molecule has 17 heavy (non-hydrogen) atoms. The molecule has 3 rings (SSSR count). The van der Waals surface area contributed by atoms with Gasteiger partial charge in [0.1, 0.15) is 0 Å². The van der Waals surface area contributed by atoms with Crippen molar-refractivity contribution in [3.8, 4) is 0 Å². The third kappa shape index (κ3) is 1.89. The molecule has 1 saturated carbocycles. The van der Waals surface area contributed by atoms with Gasteiger partial charge in [-0.1, -0.05) is 18.7 Å². The molecule has 0 aromatic rings. The molecule has 2 bridgehead atoms. The smallest absolute Gasteiger partial charge is 0.399 e. The third-order valence-corrected chi connectivity index (χ3v) is 8.06. The Morgan fingerprint density at radius 2 is 2.12 bits per heavy atom. The average Bonchev–Trinajstić information content (AvgIpc) is 2.73. The first-order valence-corrected chi connectivity index (χ1v) is 9.03. The van der Waals surface area contributed by atoms with E-state index in [0.717, 1.165) is 18.1 Å². The summed E-state index contributed by atoms with van der Waals surface area (Å²) in [5.41, 5.74) is 0.524. The maximum atomic E-state index is 6.39. The summed E-state index contributed by atoms with van der Waals surface area (Å²) in [6.45, 7) is 10.6. The first-order valence-electron chi connectivity index (χ1n) is 6.63. The Labute approximate surface area is 105 Å². The van der Waals surface area contributed by atoms with Crippen LogP contribution in [0.25, 0.3) is 0 Å². The monoisotopic (exact) mass is 250 g/mol. The Hall–Kier alpha value is -0.543. The van der Waals surface area contributed by atoms with Gasteiger partial charge in [-0.05, 0) is 45.1 Å². The van der Waals surface area contributed by atoms with Crippen molar-refractivity contribution in [1.82, 2.24) is 0 Å². The van der Waals surface area contributed by atoms with Gasteiger partial charge < -0.3 is 8.85 Å². The molecule has 0 radical (unpaired) electrons. The molecular weight excluding hydrogens is 228 g/mol. The zero-order valence-electron chi connectivity index (χ0n) is 11.0. The van der Waals surface area contributed by atoms with E-state index in [-0.39, 0.29) is 5.60 Å². The summed E-state index contributed by atoms with van der Waals surface area (Å²) in [7, 11) is -2.11. The Morgan fingerprint density at radius 3 is 2.65 bits per heavy atom. The van der Waals surface area contributed by atoms with Gasteiger partial charge in [0.05, 0.1) is 11.4 Å². The highest BCUT2D eigenvalue weighted by atomic mass is 28.4. The van der Waals surface area contributed by atoms with Crippen LogP contribution in [0.15, 0.2) is 24.5 Å². The fourth-order valence-electron chi connectivity index (χ4n) is 3.94. The van der Waals surface area contributed by atoms with Crippen molar-refractivity contribution in [2.24, 2.45) is 11.8 Å². The van der Waals surface area contributed by atoms with E-state index >= 15 is 0 Å². The summed E-state index contributed by atoms with van der Waals surface area (Å²) < 4.78 is 12.5. The number of rotatable bonds is 1. The van der Waals surface area contributed by atoms with Crippen molar-refractivity contribution >= 4 is 8.56 Å². The summed E-state index contributed by atoms with van der Waals surface area (Å²) >= 11 is 0. The van der Waals surface area contributed by atoms with Crippen molar-refractivity contribution in [3.05, 3.63) is 24.5 Å². The molecule has 1 saturated heterocycles. The standard InChI is InChI=1S/C14H22O2Si/c1-10-9-14(2,3)16-17(4,15-10)13-8-11-5-6-12(13)7-11/h5-6,11-13H,1,7-9H2,2-4H3. The molecule has 0 aromatic heterocycles. The highest BCUT2D eigenvalue weighted by molar-refractivity contribution is 6.68. The minimum Gasteiger partial charge on any atom is -0.524 e. The average molecular weight is 250 g/mol. The minimum absolute atomic E-state index is 0.0954. The largest absolute Gasteiger partial charge is 0.524 e. The van der Waals surface area contributed by atoms with Gasteiger partial charge in [0.25, 0.3) is 0 Å². The van der Waals surface area contributed by atoms with Crippen LogP contribution in [-0.2, 0) is 8.85 Å². The van der Waals surface area contributed by atoms with Crippen molar-refractivity contribution in [2.75, 3.05) is 0 Å². The Balaban J connectivity index is 1.85. The second-order valence-corrected chi connectivity index (χ2v) is 9.76. The second-order valence-electron chi connectivity index (χ2n) is 6.58. The van der Waals surface area contributed by atoms with E-state index in [1.807, 2.05) is 0 Å². The number of hydrogen-bond acceptors (Lipinski definition) is 2. The van der Waals surface area contributed by atoms with Crippen LogP contribution in [0, 0.1) is 11.8 Å². The second kappa shape index (κ2) is 3.48. The lowest BCUT2D eigenvalue weighted by atomic mass is 10.1. The van der Waals surface area contributed by atoms with Crippen LogP contribution < -0.4 is 0 Å². The zero-order valence-corrected chi connectivity index (χ0v) is 12.0. The normalized spacial score (nSPS) is 47.2. The molecule has 0 amide bonds. The molecule has 2 fully saturated rings. The Bertz CT molecular complexity index is 388. The van der Waals surface area contributed by atoms with Crippen molar-refractivity contribution in [3.63, 3.8) is 0 Å². The highest BCUT2D eigenvalue weighted by Gasteiger charge is 2.56. The van der Waals surface area contributed by atoms with Crippen LogP contribution in [0.4, 0.5) is 0 Å². The van der Waals surface area contributed by atoms with Crippen LogP contribution in [-0.4, -0.2) is 14.2 Å². The molecule has 0 aromatic carbocycles. The summed E-state index contributed by atoms with van der Waals surface area (Å²) in [4.78, 5) is 0. The molecule has 4 unspecified atom stereocenters. The lowest BCUT2D eigenvalue weighted by Gasteiger charge is -2.46. The third-order valence-electron chi connectivity index (χ3n) is 4.40. The fraction of sp³-hybridized carbons (Fsp3) is 0.714. The van der Waals surface area contributed by atoms with Crippen LogP contribution in [0.1, 0.15) is 33.1 Å². The Kier molecular flexibility index (Phi) is 2.36. The zero-order chi connectivity index (χ0) is 12.3. The van der Waals surface area contributed by atoms with Gasteiger partial charge in [-0.2, -0.15) is 0 Å². The van der Waals surface area contributed by atoms with Gasteiger partial charge >= 0.3 is 8.56 Å². The highest BCUT2D eigenvalue weighted by Crippen LogP contribution is 2.54. The lowest BCUT2D eigenvalue weighted by Crippen LogP contribution is -2.54. The van der Waals surface area contributed by atoms with E-state index in [0.29, 0.717) is 11.5 Å². The minimum atomic E-state index is -2.11.